The smallest absolute Gasteiger partial charge is 1.00 e. The molecule has 0 unspecified atom stereocenters. The third-order valence-electron chi connectivity index (χ3n) is 5.06. The van der Waals surface area contributed by atoms with Crippen LogP contribution in [0.15, 0.2) is 42.5 Å². The van der Waals surface area contributed by atoms with Gasteiger partial charge in [-0.25, -0.2) is 12.1 Å². The van der Waals surface area contributed by atoms with Crippen molar-refractivity contribution in [2.24, 2.45) is 0 Å². The Morgan fingerprint density at radius 2 is 1.73 bits per heavy atom. The number of benzene rings is 1. The maximum Gasteiger partial charge on any atom is 4.00 e. The van der Waals surface area contributed by atoms with Crippen molar-refractivity contribution in [3.05, 3.63) is 70.3 Å². The van der Waals surface area contributed by atoms with Gasteiger partial charge in [0, 0.05) is 0 Å². The quantitative estimate of drug-likeness (QED) is 0.491. The van der Waals surface area contributed by atoms with Crippen LogP contribution in [0.1, 0.15) is 54.0 Å². The standard InChI is InChI=1S/C14H15.C9H13.2ClH.Zr/c1-9-6-12-8-11-4-3-5-13(11)10(2)14(12)7-9;1-2-3-6-9-7-4-5-8-9;;;/h6-8H,3-5H2,1-2H3;4-5,7-8H,2-3,6H2,1H3;2*1H;/q2*-1;;;+4/p-2. The van der Waals surface area contributed by atoms with E-state index in [0.717, 1.165) is 0 Å². The molecule has 3 aromatic carbocycles. The fourth-order valence-corrected chi connectivity index (χ4v) is 3.79. The van der Waals surface area contributed by atoms with Gasteiger partial charge < -0.3 is 24.8 Å². The first-order valence-electron chi connectivity index (χ1n) is 9.08. The summed E-state index contributed by atoms with van der Waals surface area (Å²) in [4.78, 5) is 0. The minimum atomic E-state index is 0. The fourth-order valence-electron chi connectivity index (χ4n) is 3.79. The monoisotopic (exact) mass is 464 g/mol. The van der Waals surface area contributed by atoms with Gasteiger partial charge in [0.25, 0.3) is 0 Å². The number of halogens is 2. The van der Waals surface area contributed by atoms with Crippen molar-refractivity contribution in [2.75, 3.05) is 0 Å². The van der Waals surface area contributed by atoms with Gasteiger partial charge in [-0.15, -0.1) is 28.5 Å². The van der Waals surface area contributed by atoms with E-state index in [2.05, 4.69) is 63.2 Å². The summed E-state index contributed by atoms with van der Waals surface area (Å²) in [5.74, 6) is 0. The second-order valence-corrected chi connectivity index (χ2v) is 6.93. The van der Waals surface area contributed by atoms with E-state index in [-0.39, 0.29) is 51.0 Å². The molecule has 0 radical (unpaired) electrons. The Morgan fingerprint density at radius 3 is 2.38 bits per heavy atom. The van der Waals surface area contributed by atoms with Crippen LogP contribution in [-0.4, -0.2) is 0 Å². The van der Waals surface area contributed by atoms with Crippen molar-refractivity contribution in [3.63, 3.8) is 0 Å². The van der Waals surface area contributed by atoms with Gasteiger partial charge in [0.1, 0.15) is 0 Å². The normalized spacial score (nSPS) is 11.5. The molecule has 0 saturated carbocycles. The van der Waals surface area contributed by atoms with Crippen molar-refractivity contribution in [1.29, 1.82) is 0 Å². The number of aryl methyl sites for hydroxylation is 4. The summed E-state index contributed by atoms with van der Waals surface area (Å²) in [6.45, 7) is 6.69. The van der Waals surface area contributed by atoms with Gasteiger partial charge in [-0.1, -0.05) is 49.8 Å². The predicted molar refractivity (Wildman–Crippen MR) is 102 cm³/mol. The topological polar surface area (TPSA) is 0 Å². The summed E-state index contributed by atoms with van der Waals surface area (Å²) in [5, 5.41) is 2.92. The molecule has 0 fully saturated rings. The summed E-state index contributed by atoms with van der Waals surface area (Å²) in [6, 6.07) is 15.6. The van der Waals surface area contributed by atoms with Crippen LogP contribution in [-0.2, 0) is 45.5 Å². The molecule has 3 heteroatoms. The van der Waals surface area contributed by atoms with Crippen molar-refractivity contribution < 1.29 is 51.0 Å². The van der Waals surface area contributed by atoms with Crippen molar-refractivity contribution in [2.45, 2.75) is 59.3 Å². The average molecular weight is 467 g/mol. The fraction of sp³-hybridized carbons (Fsp3) is 0.391. The minimum Gasteiger partial charge on any atom is -1.00 e. The van der Waals surface area contributed by atoms with Gasteiger partial charge in [0.15, 0.2) is 0 Å². The van der Waals surface area contributed by atoms with Crippen molar-refractivity contribution in [3.8, 4) is 0 Å². The van der Waals surface area contributed by atoms with Gasteiger partial charge in [-0.3, -0.25) is 0 Å². The molecule has 0 atom stereocenters. The Hall–Kier alpha value is -0.357. The third-order valence-corrected chi connectivity index (χ3v) is 5.06. The molecule has 0 saturated heterocycles. The van der Waals surface area contributed by atoms with Gasteiger partial charge in [-0.05, 0) is 26.2 Å². The van der Waals surface area contributed by atoms with Crippen molar-refractivity contribution in [1.82, 2.24) is 0 Å². The molecule has 3 aromatic rings. The molecule has 138 valence electrons. The van der Waals surface area contributed by atoms with Crippen LogP contribution in [0.25, 0.3) is 10.8 Å². The van der Waals surface area contributed by atoms with E-state index in [4.69, 9.17) is 0 Å². The predicted octanol–water partition coefficient (Wildman–Crippen LogP) is 0.418. The number of hydrogen-bond acceptors (Lipinski definition) is 0. The number of rotatable bonds is 3. The summed E-state index contributed by atoms with van der Waals surface area (Å²) >= 11 is 0. The molecule has 0 aliphatic heterocycles. The first kappa shape index (κ1) is 25.6. The SMILES string of the molecule is CCCC[c-]1cccc1.Cc1cc2c(C)c3c(cc2[cH-]1)CCC3.[Cl-].[Cl-].[Zr+4]. The molecule has 0 spiro atoms. The second kappa shape index (κ2) is 12.2. The molecule has 0 aromatic heterocycles. The molecule has 26 heavy (non-hydrogen) atoms. The Kier molecular flexibility index (Phi) is 12.0. The first-order chi connectivity index (χ1) is 11.2. The van der Waals surface area contributed by atoms with Crippen LogP contribution >= 0.6 is 0 Å². The van der Waals surface area contributed by atoms with E-state index in [1.165, 1.54) is 66.0 Å². The molecule has 4 rings (SSSR count). The minimum absolute atomic E-state index is 0. The summed E-state index contributed by atoms with van der Waals surface area (Å²) in [5.41, 5.74) is 7.63. The van der Waals surface area contributed by atoms with E-state index in [9.17, 15) is 0 Å². The summed E-state index contributed by atoms with van der Waals surface area (Å²) in [7, 11) is 0. The van der Waals surface area contributed by atoms with Crippen LogP contribution < -0.4 is 24.8 Å². The Bertz CT molecular complexity index is 769. The van der Waals surface area contributed by atoms with Gasteiger partial charge >= 0.3 is 26.2 Å². The Labute approximate surface area is 190 Å². The Balaban J connectivity index is 0.000000466. The van der Waals surface area contributed by atoms with Gasteiger partial charge in [0.2, 0.25) is 0 Å². The van der Waals surface area contributed by atoms with Crippen LogP contribution in [0.2, 0.25) is 0 Å². The summed E-state index contributed by atoms with van der Waals surface area (Å²) in [6.07, 6.45) is 7.80. The molecular formula is C23H28Cl2Zr. The molecule has 1 aliphatic carbocycles. The third kappa shape index (κ3) is 6.08. The molecular weight excluding hydrogens is 438 g/mol. The average Bonchev–Trinajstić information content (AvgIpc) is 3.26. The molecule has 0 amide bonds. The first-order valence-corrected chi connectivity index (χ1v) is 9.08. The second-order valence-electron chi connectivity index (χ2n) is 6.93. The number of unbranched alkanes of at least 4 members (excludes halogenated alkanes) is 1. The molecule has 0 N–H and O–H groups in total. The maximum atomic E-state index is 2.40. The molecule has 0 heterocycles. The van der Waals surface area contributed by atoms with E-state index >= 15 is 0 Å². The van der Waals surface area contributed by atoms with Crippen LogP contribution in [0, 0.1) is 13.8 Å². The van der Waals surface area contributed by atoms with Gasteiger partial charge in [0.05, 0.1) is 0 Å². The van der Waals surface area contributed by atoms with E-state index < -0.39 is 0 Å². The Morgan fingerprint density at radius 1 is 1.04 bits per heavy atom. The van der Waals surface area contributed by atoms with Crippen LogP contribution in [0.4, 0.5) is 0 Å². The van der Waals surface area contributed by atoms with E-state index in [0.29, 0.717) is 0 Å². The molecule has 1 aliphatic rings. The zero-order valence-corrected chi connectivity index (χ0v) is 20.0. The van der Waals surface area contributed by atoms with Crippen molar-refractivity contribution >= 4 is 10.8 Å². The van der Waals surface area contributed by atoms with Gasteiger partial charge in [-0.2, -0.15) is 23.8 Å². The largest absolute Gasteiger partial charge is 4.00 e. The molecule has 0 nitrogen and oxygen atoms in total. The van der Waals surface area contributed by atoms with E-state index in [1.54, 1.807) is 11.1 Å². The van der Waals surface area contributed by atoms with Crippen LogP contribution in [0.3, 0.4) is 0 Å². The summed E-state index contributed by atoms with van der Waals surface area (Å²) < 4.78 is 0. The van der Waals surface area contributed by atoms with Crippen LogP contribution in [0.5, 0.6) is 0 Å². The van der Waals surface area contributed by atoms with E-state index in [1.807, 2.05) is 0 Å². The maximum absolute atomic E-state index is 2.40. The zero-order valence-electron chi connectivity index (χ0n) is 16.0. The number of hydrogen-bond donors (Lipinski definition) is 0. The zero-order chi connectivity index (χ0) is 16.2. The molecule has 0 bridgehead atoms. The number of fused-ring (bicyclic) bond motifs is 2.